The van der Waals surface area contributed by atoms with Crippen LogP contribution in [-0.4, -0.2) is 12.5 Å². The number of benzene rings is 1. The van der Waals surface area contributed by atoms with Gasteiger partial charge in [0.15, 0.2) is 0 Å². The fourth-order valence-corrected chi connectivity index (χ4v) is 1.79. The Labute approximate surface area is 111 Å². The average molecular weight is 299 g/mol. The van der Waals surface area contributed by atoms with Gasteiger partial charge >= 0.3 is 0 Å². The molecule has 1 aromatic carbocycles. The molecular formula is C13H19BrN2O. The lowest BCUT2D eigenvalue weighted by Crippen LogP contribution is -2.29. The lowest BCUT2D eigenvalue weighted by molar-refractivity contribution is -0.124. The van der Waals surface area contributed by atoms with E-state index < -0.39 is 0 Å². The zero-order chi connectivity index (χ0) is 12.7. The van der Waals surface area contributed by atoms with E-state index in [0.717, 1.165) is 22.9 Å². The highest BCUT2D eigenvalue weighted by Gasteiger charge is 2.11. The van der Waals surface area contributed by atoms with E-state index in [0.29, 0.717) is 13.1 Å². The summed E-state index contributed by atoms with van der Waals surface area (Å²) in [4.78, 5) is 11.7. The van der Waals surface area contributed by atoms with Crippen LogP contribution in [0.3, 0.4) is 0 Å². The average Bonchev–Trinajstić information content (AvgIpc) is 2.34. The summed E-state index contributed by atoms with van der Waals surface area (Å²) in [6, 6.07) is 7.93. The molecule has 0 radical (unpaired) electrons. The van der Waals surface area contributed by atoms with Crippen LogP contribution in [0.15, 0.2) is 28.7 Å². The van der Waals surface area contributed by atoms with Crippen LogP contribution in [0.5, 0.6) is 0 Å². The normalized spacial score (nSPS) is 12.2. The Morgan fingerprint density at radius 3 is 2.65 bits per heavy atom. The van der Waals surface area contributed by atoms with Crippen LogP contribution < -0.4 is 11.1 Å². The minimum absolute atomic E-state index is 0.0361. The summed E-state index contributed by atoms with van der Waals surface area (Å²) < 4.78 is 1.05. The summed E-state index contributed by atoms with van der Waals surface area (Å²) >= 11 is 3.38. The second-order valence-corrected chi connectivity index (χ2v) is 5.09. The van der Waals surface area contributed by atoms with E-state index in [4.69, 9.17) is 5.73 Å². The van der Waals surface area contributed by atoms with Gasteiger partial charge < -0.3 is 11.1 Å². The number of nitrogens with one attached hydrogen (secondary N) is 1. The highest BCUT2D eigenvalue weighted by molar-refractivity contribution is 9.10. The molecule has 94 valence electrons. The Bertz CT molecular complexity index is 351. The van der Waals surface area contributed by atoms with Crippen molar-refractivity contribution in [2.24, 2.45) is 11.7 Å². The zero-order valence-electron chi connectivity index (χ0n) is 10.1. The Hall–Kier alpha value is -0.870. The number of rotatable bonds is 6. The summed E-state index contributed by atoms with van der Waals surface area (Å²) in [6.07, 6.45) is 1.75. The van der Waals surface area contributed by atoms with Gasteiger partial charge in [-0.3, -0.25) is 4.79 Å². The van der Waals surface area contributed by atoms with Crippen molar-refractivity contribution in [3.05, 3.63) is 34.3 Å². The van der Waals surface area contributed by atoms with Gasteiger partial charge in [0.05, 0.1) is 0 Å². The largest absolute Gasteiger partial charge is 0.352 e. The predicted molar refractivity (Wildman–Crippen MR) is 73.4 cm³/mol. The first-order valence-electron chi connectivity index (χ1n) is 5.85. The molecule has 0 saturated heterocycles. The van der Waals surface area contributed by atoms with E-state index in [9.17, 15) is 4.79 Å². The molecule has 17 heavy (non-hydrogen) atoms. The smallest absolute Gasteiger partial charge is 0.223 e. The molecule has 1 atom stereocenters. The summed E-state index contributed by atoms with van der Waals surface area (Å²) in [7, 11) is 0. The highest BCUT2D eigenvalue weighted by Crippen LogP contribution is 2.11. The third-order valence-corrected chi connectivity index (χ3v) is 3.20. The number of carbonyl (C=O) groups excluding carboxylic acids is 1. The Morgan fingerprint density at radius 1 is 1.41 bits per heavy atom. The molecule has 1 rings (SSSR count). The molecule has 0 aliphatic rings. The molecule has 0 bridgehead atoms. The van der Waals surface area contributed by atoms with Crippen LogP contribution in [0, 0.1) is 5.92 Å². The number of amides is 1. The molecule has 1 unspecified atom stereocenters. The number of halogens is 1. The molecule has 4 heteroatoms. The molecule has 0 aromatic heterocycles. The van der Waals surface area contributed by atoms with Crippen LogP contribution in [-0.2, 0) is 11.3 Å². The zero-order valence-corrected chi connectivity index (χ0v) is 11.7. The first kappa shape index (κ1) is 14.2. The maximum absolute atomic E-state index is 11.7. The molecule has 0 fully saturated rings. The van der Waals surface area contributed by atoms with Crippen LogP contribution in [0.1, 0.15) is 25.3 Å². The Balaban J connectivity index is 2.34. The van der Waals surface area contributed by atoms with Crippen LogP contribution in [0.2, 0.25) is 0 Å². The summed E-state index contributed by atoms with van der Waals surface area (Å²) in [6.45, 7) is 3.16. The minimum Gasteiger partial charge on any atom is -0.352 e. The van der Waals surface area contributed by atoms with Crippen molar-refractivity contribution in [3.8, 4) is 0 Å². The summed E-state index contributed by atoms with van der Waals surface area (Å²) in [5, 5.41) is 2.93. The first-order valence-corrected chi connectivity index (χ1v) is 6.65. The van der Waals surface area contributed by atoms with E-state index >= 15 is 0 Å². The van der Waals surface area contributed by atoms with Crippen molar-refractivity contribution in [1.82, 2.24) is 5.32 Å². The number of hydrogen-bond acceptors (Lipinski definition) is 2. The monoisotopic (exact) mass is 298 g/mol. The molecule has 0 heterocycles. The van der Waals surface area contributed by atoms with Gasteiger partial charge in [-0.15, -0.1) is 0 Å². The third kappa shape index (κ3) is 5.33. The van der Waals surface area contributed by atoms with Gasteiger partial charge in [0.25, 0.3) is 0 Å². The fourth-order valence-electron chi connectivity index (χ4n) is 1.52. The van der Waals surface area contributed by atoms with E-state index in [1.54, 1.807) is 0 Å². The second-order valence-electron chi connectivity index (χ2n) is 4.18. The second kappa shape index (κ2) is 7.45. The highest BCUT2D eigenvalue weighted by atomic mass is 79.9. The number of hydrogen-bond donors (Lipinski definition) is 2. The first-order chi connectivity index (χ1) is 8.13. The van der Waals surface area contributed by atoms with Gasteiger partial charge in [0, 0.05) is 16.9 Å². The van der Waals surface area contributed by atoms with E-state index in [1.165, 1.54) is 0 Å². The SMILES string of the molecule is CC(CCCN)C(=O)NCc1ccc(Br)cc1. The lowest BCUT2D eigenvalue weighted by Gasteiger charge is -2.11. The predicted octanol–water partition coefficient (Wildman–Crippen LogP) is 2.44. The van der Waals surface area contributed by atoms with Crippen molar-refractivity contribution >= 4 is 21.8 Å². The maximum atomic E-state index is 11.7. The lowest BCUT2D eigenvalue weighted by atomic mass is 10.0. The molecule has 3 N–H and O–H groups in total. The van der Waals surface area contributed by atoms with Gasteiger partial charge in [-0.05, 0) is 37.1 Å². The maximum Gasteiger partial charge on any atom is 0.223 e. The molecule has 1 amide bonds. The van der Waals surface area contributed by atoms with Crippen LogP contribution in [0.4, 0.5) is 0 Å². The number of nitrogens with two attached hydrogens (primary N) is 1. The molecule has 3 nitrogen and oxygen atoms in total. The molecule has 0 aliphatic heterocycles. The minimum atomic E-state index is 0.0361. The van der Waals surface area contributed by atoms with Crippen molar-refractivity contribution in [2.45, 2.75) is 26.3 Å². The molecule has 0 aliphatic carbocycles. The van der Waals surface area contributed by atoms with E-state index in [1.807, 2.05) is 31.2 Å². The molecule has 1 aromatic rings. The van der Waals surface area contributed by atoms with Crippen molar-refractivity contribution in [2.75, 3.05) is 6.54 Å². The molecular weight excluding hydrogens is 280 g/mol. The standard InChI is InChI=1S/C13H19BrN2O/c1-10(3-2-8-15)13(17)16-9-11-4-6-12(14)7-5-11/h4-7,10H,2-3,8-9,15H2,1H3,(H,16,17). The number of carbonyl (C=O) groups is 1. The van der Waals surface area contributed by atoms with Gasteiger partial charge in [-0.1, -0.05) is 35.0 Å². The van der Waals surface area contributed by atoms with Crippen molar-refractivity contribution < 1.29 is 4.79 Å². The molecule has 0 saturated carbocycles. The summed E-state index contributed by atoms with van der Waals surface area (Å²) in [5.41, 5.74) is 6.52. The fraction of sp³-hybridized carbons (Fsp3) is 0.462. The van der Waals surface area contributed by atoms with Crippen molar-refractivity contribution in [3.63, 3.8) is 0 Å². The van der Waals surface area contributed by atoms with Crippen LogP contribution >= 0.6 is 15.9 Å². The van der Waals surface area contributed by atoms with Crippen molar-refractivity contribution in [1.29, 1.82) is 0 Å². The quantitative estimate of drug-likeness (QED) is 0.847. The third-order valence-electron chi connectivity index (χ3n) is 2.67. The van der Waals surface area contributed by atoms with Crippen LogP contribution in [0.25, 0.3) is 0 Å². The van der Waals surface area contributed by atoms with Gasteiger partial charge in [0.1, 0.15) is 0 Å². The van der Waals surface area contributed by atoms with E-state index in [2.05, 4.69) is 21.2 Å². The van der Waals surface area contributed by atoms with E-state index in [-0.39, 0.29) is 11.8 Å². The summed E-state index contributed by atoms with van der Waals surface area (Å²) in [5.74, 6) is 0.135. The van der Waals surface area contributed by atoms with Gasteiger partial charge in [-0.25, -0.2) is 0 Å². The molecule has 0 spiro atoms. The Morgan fingerprint density at radius 2 is 2.06 bits per heavy atom. The van der Waals surface area contributed by atoms with Gasteiger partial charge in [0.2, 0.25) is 5.91 Å². The topological polar surface area (TPSA) is 55.1 Å². The Kier molecular flexibility index (Phi) is 6.22. The van der Waals surface area contributed by atoms with Gasteiger partial charge in [-0.2, -0.15) is 0 Å².